The number of carbonyl (C=O) groups is 1. The summed E-state index contributed by atoms with van der Waals surface area (Å²) in [5.74, 6) is 2.56. The zero-order chi connectivity index (χ0) is 14.7. The zero-order valence-electron chi connectivity index (χ0n) is 12.3. The fourth-order valence-corrected chi connectivity index (χ4v) is 3.02. The maximum Gasteiger partial charge on any atom is 0.223 e. The Balaban J connectivity index is 1.67. The van der Waals surface area contributed by atoms with Crippen LogP contribution in [0.1, 0.15) is 43.7 Å². The molecular formula is C17H21NO3. The molecule has 3 heterocycles. The molecule has 0 radical (unpaired) electrons. The van der Waals surface area contributed by atoms with E-state index in [1.165, 1.54) is 0 Å². The largest absolute Gasteiger partial charge is 0.469 e. The highest BCUT2D eigenvalue weighted by molar-refractivity contribution is 5.77. The van der Waals surface area contributed by atoms with Gasteiger partial charge in [-0.2, -0.15) is 0 Å². The summed E-state index contributed by atoms with van der Waals surface area (Å²) in [5, 5.41) is 0. The lowest BCUT2D eigenvalue weighted by Gasteiger charge is -2.37. The second-order valence-electron chi connectivity index (χ2n) is 5.83. The molecule has 0 N–H and O–H groups in total. The van der Waals surface area contributed by atoms with Crippen molar-refractivity contribution in [2.75, 3.05) is 6.54 Å². The van der Waals surface area contributed by atoms with Gasteiger partial charge < -0.3 is 13.7 Å². The van der Waals surface area contributed by atoms with Gasteiger partial charge in [-0.3, -0.25) is 4.79 Å². The van der Waals surface area contributed by atoms with E-state index < -0.39 is 0 Å². The molecule has 1 aliphatic heterocycles. The Kier molecular flexibility index (Phi) is 4.13. The van der Waals surface area contributed by atoms with E-state index in [4.69, 9.17) is 8.83 Å². The summed E-state index contributed by atoms with van der Waals surface area (Å²) in [7, 11) is 0. The molecule has 4 heteroatoms. The van der Waals surface area contributed by atoms with Crippen LogP contribution >= 0.6 is 0 Å². The van der Waals surface area contributed by atoms with E-state index in [-0.39, 0.29) is 11.9 Å². The van der Waals surface area contributed by atoms with Crippen LogP contribution in [0.4, 0.5) is 0 Å². The first-order valence-corrected chi connectivity index (χ1v) is 7.59. The van der Waals surface area contributed by atoms with Crippen LogP contribution in [-0.2, 0) is 11.2 Å². The Labute approximate surface area is 124 Å². The quantitative estimate of drug-likeness (QED) is 0.859. The molecule has 3 rings (SSSR count). The fourth-order valence-electron chi connectivity index (χ4n) is 3.02. The standard InChI is InChI=1S/C17H21NO3/c1-13-8-9-18(15(12-13)16-5-3-11-21-16)17(19)7-6-14-4-2-10-20-14/h2-5,10-11,13,15H,6-9,12H2,1H3. The Morgan fingerprint density at radius 1 is 1.29 bits per heavy atom. The van der Waals surface area contributed by atoms with Crippen molar-refractivity contribution in [3.63, 3.8) is 0 Å². The maximum atomic E-state index is 12.5. The second kappa shape index (κ2) is 6.20. The molecule has 2 unspecified atom stereocenters. The van der Waals surface area contributed by atoms with Crippen LogP contribution in [0.15, 0.2) is 45.6 Å². The average molecular weight is 287 g/mol. The highest BCUT2D eigenvalue weighted by atomic mass is 16.3. The summed E-state index contributed by atoms with van der Waals surface area (Å²) in [6, 6.07) is 7.70. The monoisotopic (exact) mass is 287 g/mol. The minimum Gasteiger partial charge on any atom is -0.469 e. The number of hydrogen-bond acceptors (Lipinski definition) is 3. The minimum absolute atomic E-state index is 0.0767. The van der Waals surface area contributed by atoms with Crippen molar-refractivity contribution in [2.24, 2.45) is 5.92 Å². The molecule has 2 atom stereocenters. The van der Waals surface area contributed by atoms with Gasteiger partial charge in [0.05, 0.1) is 18.6 Å². The number of furan rings is 2. The van der Waals surface area contributed by atoms with Crippen molar-refractivity contribution < 1.29 is 13.6 Å². The number of hydrogen-bond donors (Lipinski definition) is 0. The van der Waals surface area contributed by atoms with E-state index in [0.29, 0.717) is 18.8 Å². The predicted octanol–water partition coefficient (Wildman–Crippen LogP) is 3.81. The Morgan fingerprint density at radius 2 is 2.10 bits per heavy atom. The van der Waals surface area contributed by atoms with Gasteiger partial charge in [0.25, 0.3) is 0 Å². The Hall–Kier alpha value is -1.97. The van der Waals surface area contributed by atoms with E-state index in [2.05, 4.69) is 6.92 Å². The maximum absolute atomic E-state index is 12.5. The third kappa shape index (κ3) is 3.20. The van der Waals surface area contributed by atoms with Gasteiger partial charge in [0.2, 0.25) is 5.91 Å². The normalized spacial score (nSPS) is 22.4. The van der Waals surface area contributed by atoms with Gasteiger partial charge in [-0.05, 0) is 43.0 Å². The smallest absolute Gasteiger partial charge is 0.223 e. The molecule has 1 fully saturated rings. The van der Waals surface area contributed by atoms with Crippen LogP contribution in [0.25, 0.3) is 0 Å². The molecule has 4 nitrogen and oxygen atoms in total. The summed E-state index contributed by atoms with van der Waals surface area (Å²) in [5.41, 5.74) is 0. The molecule has 1 aliphatic rings. The van der Waals surface area contributed by atoms with Crippen LogP contribution in [-0.4, -0.2) is 17.4 Å². The predicted molar refractivity (Wildman–Crippen MR) is 78.6 cm³/mol. The van der Waals surface area contributed by atoms with Gasteiger partial charge >= 0.3 is 0 Å². The van der Waals surface area contributed by atoms with Crippen LogP contribution in [0.3, 0.4) is 0 Å². The third-order valence-electron chi connectivity index (χ3n) is 4.22. The van der Waals surface area contributed by atoms with Crippen molar-refractivity contribution >= 4 is 5.91 Å². The summed E-state index contributed by atoms with van der Waals surface area (Å²) in [4.78, 5) is 14.5. The lowest BCUT2D eigenvalue weighted by Crippen LogP contribution is -2.40. The SMILES string of the molecule is CC1CCN(C(=O)CCc2ccco2)C(c2ccco2)C1. The highest BCUT2D eigenvalue weighted by Crippen LogP contribution is 2.34. The lowest BCUT2D eigenvalue weighted by atomic mass is 9.90. The lowest BCUT2D eigenvalue weighted by molar-refractivity contribution is -0.136. The summed E-state index contributed by atoms with van der Waals surface area (Å²) in [6.07, 6.45) is 6.50. The number of likely N-dealkylation sites (tertiary alicyclic amines) is 1. The van der Waals surface area contributed by atoms with Crippen molar-refractivity contribution in [3.05, 3.63) is 48.3 Å². The summed E-state index contributed by atoms with van der Waals surface area (Å²) >= 11 is 0. The summed E-state index contributed by atoms with van der Waals surface area (Å²) in [6.45, 7) is 3.05. The van der Waals surface area contributed by atoms with E-state index in [1.807, 2.05) is 29.2 Å². The zero-order valence-corrected chi connectivity index (χ0v) is 12.3. The molecule has 0 aromatic carbocycles. The number of piperidine rings is 1. The van der Waals surface area contributed by atoms with E-state index in [1.54, 1.807) is 12.5 Å². The van der Waals surface area contributed by atoms with Crippen molar-refractivity contribution in [2.45, 2.75) is 38.6 Å². The van der Waals surface area contributed by atoms with Gasteiger partial charge in [0, 0.05) is 19.4 Å². The van der Waals surface area contributed by atoms with Gasteiger partial charge in [0.15, 0.2) is 0 Å². The van der Waals surface area contributed by atoms with E-state index in [9.17, 15) is 4.79 Å². The highest BCUT2D eigenvalue weighted by Gasteiger charge is 2.32. The van der Waals surface area contributed by atoms with Gasteiger partial charge in [-0.15, -0.1) is 0 Å². The van der Waals surface area contributed by atoms with E-state index in [0.717, 1.165) is 30.9 Å². The molecule has 2 aromatic rings. The van der Waals surface area contributed by atoms with Crippen molar-refractivity contribution in [1.29, 1.82) is 0 Å². The molecule has 1 amide bonds. The van der Waals surface area contributed by atoms with Gasteiger partial charge in [-0.25, -0.2) is 0 Å². The Morgan fingerprint density at radius 3 is 2.81 bits per heavy atom. The van der Waals surface area contributed by atoms with Crippen LogP contribution in [0, 0.1) is 5.92 Å². The topological polar surface area (TPSA) is 46.6 Å². The third-order valence-corrected chi connectivity index (χ3v) is 4.22. The molecule has 1 saturated heterocycles. The number of carbonyl (C=O) groups excluding carboxylic acids is 1. The van der Waals surface area contributed by atoms with Crippen LogP contribution < -0.4 is 0 Å². The molecule has 0 bridgehead atoms. The molecule has 0 spiro atoms. The average Bonchev–Trinajstić information content (AvgIpc) is 3.18. The van der Waals surface area contributed by atoms with Crippen molar-refractivity contribution in [3.8, 4) is 0 Å². The summed E-state index contributed by atoms with van der Waals surface area (Å²) < 4.78 is 10.8. The molecule has 112 valence electrons. The second-order valence-corrected chi connectivity index (χ2v) is 5.83. The Bertz CT molecular complexity index is 559. The van der Waals surface area contributed by atoms with Gasteiger partial charge in [-0.1, -0.05) is 6.92 Å². The molecular weight excluding hydrogens is 266 g/mol. The number of nitrogens with zero attached hydrogens (tertiary/aromatic N) is 1. The number of rotatable bonds is 4. The minimum atomic E-state index is 0.0767. The number of amides is 1. The molecule has 0 aliphatic carbocycles. The van der Waals surface area contributed by atoms with Gasteiger partial charge in [0.1, 0.15) is 11.5 Å². The van der Waals surface area contributed by atoms with E-state index >= 15 is 0 Å². The molecule has 2 aromatic heterocycles. The van der Waals surface area contributed by atoms with Crippen LogP contribution in [0.2, 0.25) is 0 Å². The molecule has 0 saturated carbocycles. The first-order chi connectivity index (χ1) is 10.2. The first kappa shape index (κ1) is 14.0. The first-order valence-electron chi connectivity index (χ1n) is 7.59. The number of aryl methyl sites for hydroxylation is 1. The fraction of sp³-hybridized carbons (Fsp3) is 0.471. The molecule has 21 heavy (non-hydrogen) atoms. The van der Waals surface area contributed by atoms with Crippen LogP contribution in [0.5, 0.6) is 0 Å². The van der Waals surface area contributed by atoms with Crippen molar-refractivity contribution in [1.82, 2.24) is 4.90 Å².